The van der Waals surface area contributed by atoms with Crippen LogP contribution in [0.25, 0.3) is 16.6 Å². The van der Waals surface area contributed by atoms with Crippen molar-refractivity contribution in [2.45, 2.75) is 51.9 Å². The lowest BCUT2D eigenvalue weighted by atomic mass is 9.99. The van der Waals surface area contributed by atoms with Gasteiger partial charge in [-0.2, -0.15) is 0 Å². The summed E-state index contributed by atoms with van der Waals surface area (Å²) in [5.41, 5.74) is 28.2. The molecule has 3 fully saturated rings. The molecule has 0 saturated carbocycles. The molecule has 95 heavy (non-hydrogen) atoms. The van der Waals surface area contributed by atoms with Crippen molar-refractivity contribution < 1.29 is 28.5 Å². The molecule has 484 valence electrons. The quantitative estimate of drug-likeness (QED) is 0.0603. The summed E-state index contributed by atoms with van der Waals surface area (Å²) < 4.78 is 27.2. The van der Waals surface area contributed by atoms with Crippen LogP contribution in [-0.4, -0.2) is 163 Å². The van der Waals surface area contributed by atoms with Gasteiger partial charge in [-0.05, 0) is 132 Å². The lowest BCUT2D eigenvalue weighted by Gasteiger charge is -2.37. The molecule has 22 nitrogen and oxygen atoms in total. The van der Waals surface area contributed by atoms with Crippen molar-refractivity contribution in [3.8, 4) is 70.4 Å². The van der Waals surface area contributed by atoms with Gasteiger partial charge in [-0.3, -0.25) is 22.8 Å². The van der Waals surface area contributed by atoms with Gasteiger partial charge in [0, 0.05) is 123 Å². The first-order valence-corrected chi connectivity index (χ1v) is 30.8. The van der Waals surface area contributed by atoms with E-state index in [4.69, 9.17) is 51.1 Å². The number of ether oxygens (including phenoxy) is 4. The zero-order chi connectivity index (χ0) is 67.4. The van der Waals surface area contributed by atoms with Gasteiger partial charge in [0.1, 0.15) is 74.1 Å². The highest BCUT2D eigenvalue weighted by Gasteiger charge is 2.36. The Morgan fingerprint density at radius 3 is 1.37 bits per heavy atom. The van der Waals surface area contributed by atoms with Gasteiger partial charge >= 0.3 is 0 Å². The summed E-state index contributed by atoms with van der Waals surface area (Å²) in [5, 5.41) is 0. The summed E-state index contributed by atoms with van der Waals surface area (Å²) >= 11 is 0. The average Bonchev–Trinajstić information content (AvgIpc) is 1.61. The highest BCUT2D eigenvalue weighted by Crippen LogP contribution is 2.34. The molecule has 2 amide bonds. The number of nitrogen functional groups attached to an aromatic ring is 3. The molecule has 3 aromatic carbocycles. The van der Waals surface area contributed by atoms with Crippen LogP contribution in [0.3, 0.4) is 0 Å². The number of aromatic nitrogens is 9. The van der Waals surface area contributed by atoms with Gasteiger partial charge in [0.05, 0.1) is 40.3 Å². The normalized spacial score (nSPS) is 14.3. The number of amides is 2. The van der Waals surface area contributed by atoms with Crippen LogP contribution in [0.2, 0.25) is 0 Å². The maximum absolute atomic E-state index is 12.0. The molecule has 0 spiro atoms. The molecule has 3 saturated heterocycles. The first-order valence-electron chi connectivity index (χ1n) is 30.8. The van der Waals surface area contributed by atoms with Crippen molar-refractivity contribution >= 4 is 45.8 Å². The first kappa shape index (κ1) is 66.2. The second-order valence-corrected chi connectivity index (χ2v) is 23.2. The van der Waals surface area contributed by atoms with Gasteiger partial charge < -0.3 is 55.7 Å². The predicted molar refractivity (Wildman–Crippen MR) is 368 cm³/mol. The van der Waals surface area contributed by atoms with Crippen LogP contribution in [0.4, 0.5) is 17.5 Å². The van der Waals surface area contributed by atoms with Crippen LogP contribution < -0.4 is 36.1 Å². The molecule has 0 bridgehead atoms. The summed E-state index contributed by atoms with van der Waals surface area (Å²) in [4.78, 5) is 59.0. The molecule has 6 N–H and O–H groups in total. The number of fused-ring (bicyclic) bond motifs is 3. The number of likely N-dealkylation sites (N-methyl/N-ethyl adjacent to an activating group) is 1. The topological polar surface area (TPSA) is 253 Å². The fourth-order valence-electron chi connectivity index (χ4n) is 11.4. The minimum absolute atomic E-state index is 0.00720. The van der Waals surface area contributed by atoms with Crippen LogP contribution in [0, 0.1) is 61.2 Å². The number of carbonyl (C=O) groups is 2. The molecule has 9 aromatic rings. The zero-order valence-electron chi connectivity index (χ0n) is 55.1. The standard InChI is InChI=1S/C27H32N6O2.C23H23N5O3.C23H21N5O/c1-19(7-6-12-31(2)3)32-13-10-21(18-32)27-30-24(25-26(28)29-11-14-33(25)27)9-8-20-15-22(34-4)17-23(16-20)35-5;1-4-5-20(29)27-13-16(14-27)23-26-19(21-22(24)25-8-9-28(21)23)7-6-15-10-17(30-2)12-18(11-15)31-3;1-4-5-20(29)27-13-18(14-27)23-26-19(21-22(24)25-8-9-28(21)23)7-6-17-11-15(2)10-16(3)12-17/h6-7,11,14-17,21H,1,10,12-13,18H2,2-5H3,(H2,28,29);4-5,8-12,16H,13-14H2,1-3H3,(H2,24,25);8-12,18H,13-14H2,1-3H3,(H2,24,25)/b7-6+;5-4+;. The van der Waals surface area contributed by atoms with Crippen molar-refractivity contribution in [2.24, 2.45) is 0 Å². The maximum atomic E-state index is 12.0. The van der Waals surface area contributed by atoms with Crippen LogP contribution in [-0.2, 0) is 9.59 Å². The lowest BCUT2D eigenvalue weighted by molar-refractivity contribution is -0.130. The van der Waals surface area contributed by atoms with Crippen LogP contribution in [0.5, 0.6) is 23.0 Å². The number of hydrogen-bond acceptors (Lipinski definition) is 17. The molecular formula is C73H76N16O6. The van der Waals surface area contributed by atoms with E-state index < -0.39 is 0 Å². The summed E-state index contributed by atoms with van der Waals surface area (Å²) in [5.74, 6) is 30.9. The van der Waals surface area contributed by atoms with E-state index in [1.807, 2.05) is 95.3 Å². The number of hydrogen-bond donors (Lipinski definition) is 3. The zero-order valence-corrected chi connectivity index (χ0v) is 55.1. The Hall–Kier alpha value is -11.7. The monoisotopic (exact) mass is 1270 g/mol. The Balaban J connectivity index is 0.000000156. The molecular weight excluding hydrogens is 1200 g/mol. The van der Waals surface area contributed by atoms with E-state index in [0.29, 0.717) is 94.7 Å². The van der Waals surface area contributed by atoms with E-state index >= 15 is 0 Å². The average molecular weight is 1270 g/mol. The van der Waals surface area contributed by atoms with Crippen LogP contribution >= 0.6 is 0 Å². The van der Waals surface area contributed by atoms with E-state index in [2.05, 4.69) is 111 Å². The second kappa shape index (κ2) is 29.7. The number of likely N-dealkylation sites (tertiary alicyclic amines) is 3. The fraction of sp³-hybridized carbons (Fsp3) is 0.288. The number of nitrogens with two attached hydrogens (primary N) is 3. The number of carbonyl (C=O) groups excluding carboxylic acids is 2. The molecule has 9 heterocycles. The highest BCUT2D eigenvalue weighted by atomic mass is 16.5. The van der Waals surface area contributed by atoms with Gasteiger partial charge in [0.25, 0.3) is 5.91 Å². The van der Waals surface area contributed by atoms with Gasteiger partial charge in [-0.1, -0.05) is 48.5 Å². The number of anilines is 3. The molecule has 12 rings (SSSR count). The number of rotatable bonds is 12. The third-order valence-electron chi connectivity index (χ3n) is 16.1. The van der Waals surface area contributed by atoms with E-state index in [0.717, 1.165) is 71.4 Å². The maximum Gasteiger partial charge on any atom is 0.298 e. The van der Waals surface area contributed by atoms with Crippen molar-refractivity contribution in [3.05, 3.63) is 191 Å². The Morgan fingerprint density at radius 2 is 0.968 bits per heavy atom. The number of benzene rings is 3. The van der Waals surface area contributed by atoms with E-state index in [-0.39, 0.29) is 29.6 Å². The molecule has 1 atom stereocenters. The van der Waals surface area contributed by atoms with E-state index in [1.165, 1.54) is 11.1 Å². The first-order chi connectivity index (χ1) is 45.9. The van der Waals surface area contributed by atoms with Gasteiger partial charge in [-0.15, -0.1) is 0 Å². The van der Waals surface area contributed by atoms with Gasteiger partial charge in [0.2, 0.25) is 5.91 Å². The minimum atomic E-state index is -0.152. The summed E-state index contributed by atoms with van der Waals surface area (Å²) in [6, 6.07) is 17.2. The fourth-order valence-corrected chi connectivity index (χ4v) is 11.4. The summed E-state index contributed by atoms with van der Waals surface area (Å²) in [7, 11) is 10.5. The minimum Gasteiger partial charge on any atom is -0.497 e. The summed E-state index contributed by atoms with van der Waals surface area (Å²) in [6.45, 7) is 16.9. The molecule has 22 heteroatoms. The highest BCUT2D eigenvalue weighted by molar-refractivity contribution is 5.94. The van der Waals surface area contributed by atoms with Gasteiger partial charge in [0.15, 0.2) is 17.5 Å². The van der Waals surface area contributed by atoms with E-state index in [9.17, 15) is 9.59 Å². The molecule has 0 radical (unpaired) electrons. The van der Waals surface area contributed by atoms with Crippen molar-refractivity contribution in [3.63, 3.8) is 0 Å². The Bertz CT molecular complexity index is 4660. The second-order valence-electron chi connectivity index (χ2n) is 23.2. The number of allylic oxidation sites excluding steroid dienone is 2. The van der Waals surface area contributed by atoms with Gasteiger partial charge in [-0.25, -0.2) is 29.9 Å². The van der Waals surface area contributed by atoms with Crippen molar-refractivity contribution in [2.75, 3.05) is 106 Å². The number of nitrogens with zero attached hydrogens (tertiary/aromatic N) is 13. The van der Waals surface area contributed by atoms with Crippen LogP contribution in [0.1, 0.15) is 100 Å². The SMILES string of the molecule is C/C=C/C(=O)N1CC(c2nc(C#Cc3cc(OC)cc(OC)c3)c3c(N)nccn23)C1.C=C(/C=C/CN(C)C)N1CCC(c2nc(C#Cc3cc(OC)cc(OC)c3)c3c(N)nccn23)C1.CC#CC(=O)N1CC(c2nc(C#Cc3cc(C)cc(C)c3)c3c(N)nccn23)C1. The lowest BCUT2D eigenvalue weighted by Crippen LogP contribution is -2.48. The number of methoxy groups -OCH3 is 4. The Morgan fingerprint density at radius 1 is 0.568 bits per heavy atom. The number of imidazole rings is 3. The summed E-state index contributed by atoms with van der Waals surface area (Å²) in [6.07, 6.45) is 19.1. The van der Waals surface area contributed by atoms with Crippen molar-refractivity contribution in [1.29, 1.82) is 0 Å². The smallest absolute Gasteiger partial charge is 0.298 e. The largest absolute Gasteiger partial charge is 0.497 e. The van der Waals surface area contributed by atoms with Crippen LogP contribution in [0.15, 0.2) is 128 Å². The third-order valence-corrected chi connectivity index (χ3v) is 16.1. The molecule has 3 aliphatic rings. The molecule has 3 aliphatic heterocycles. The number of aryl methyl sites for hydroxylation is 2. The molecule has 0 aliphatic carbocycles. The Labute approximate surface area is 553 Å². The predicted octanol–water partition coefficient (Wildman–Crippen LogP) is 7.66. The molecule has 1 unspecified atom stereocenters. The van der Waals surface area contributed by atoms with Crippen molar-refractivity contribution in [1.82, 2.24) is 62.7 Å². The third kappa shape index (κ3) is 15.3. The van der Waals surface area contributed by atoms with E-state index in [1.54, 1.807) is 82.0 Å². The molecule has 6 aromatic heterocycles. The Kier molecular flexibility index (Phi) is 20.7.